The smallest absolute Gasteiger partial charge is 0.248 e. The van der Waals surface area contributed by atoms with Crippen molar-refractivity contribution in [3.05, 3.63) is 41.3 Å². The van der Waals surface area contributed by atoms with Gasteiger partial charge in [-0.15, -0.1) is 0 Å². The van der Waals surface area contributed by atoms with Crippen LogP contribution in [0.25, 0.3) is 0 Å². The second kappa shape index (κ2) is 6.22. The van der Waals surface area contributed by atoms with Crippen LogP contribution in [-0.4, -0.2) is 43.6 Å². The average Bonchev–Trinajstić information content (AvgIpc) is 2.88. The zero-order chi connectivity index (χ0) is 17.5. The molecular weight excluding hydrogens is 326 g/mol. The van der Waals surface area contributed by atoms with Crippen LogP contribution in [0.15, 0.2) is 33.7 Å². The van der Waals surface area contributed by atoms with Crippen molar-refractivity contribution >= 4 is 15.7 Å². The van der Waals surface area contributed by atoms with E-state index in [1.165, 1.54) is 9.87 Å². The Hall–Kier alpha value is -1.86. The van der Waals surface area contributed by atoms with Crippen molar-refractivity contribution in [2.45, 2.75) is 38.6 Å². The first-order chi connectivity index (χ1) is 11.3. The van der Waals surface area contributed by atoms with Gasteiger partial charge in [-0.05, 0) is 39.8 Å². The second-order valence-corrected chi connectivity index (χ2v) is 8.27. The number of anilines is 1. The lowest BCUT2D eigenvalue weighted by Gasteiger charge is -2.40. The minimum Gasteiger partial charge on any atom is -0.366 e. The molecule has 0 radical (unpaired) electrons. The Bertz CT molecular complexity index is 808. The SMILES string of the molecule is Cc1ccc(N2CCN(S(=O)(=O)c3c(C)noc3C)C[C@@H]2C)cc1. The van der Waals surface area contributed by atoms with Gasteiger partial charge in [0.25, 0.3) is 0 Å². The van der Waals surface area contributed by atoms with Crippen molar-refractivity contribution in [3.8, 4) is 0 Å². The largest absolute Gasteiger partial charge is 0.366 e. The molecule has 0 aliphatic carbocycles. The maximum atomic E-state index is 12.9. The Kier molecular flexibility index (Phi) is 4.40. The summed E-state index contributed by atoms with van der Waals surface area (Å²) in [6.07, 6.45) is 0. The molecule has 0 unspecified atom stereocenters. The summed E-state index contributed by atoms with van der Waals surface area (Å²) in [6.45, 7) is 8.96. The summed E-state index contributed by atoms with van der Waals surface area (Å²) in [6, 6.07) is 8.43. The van der Waals surface area contributed by atoms with E-state index in [2.05, 4.69) is 48.2 Å². The molecule has 0 amide bonds. The van der Waals surface area contributed by atoms with Crippen LogP contribution < -0.4 is 4.90 Å². The first-order valence-electron chi connectivity index (χ1n) is 8.07. The predicted molar refractivity (Wildman–Crippen MR) is 92.7 cm³/mol. The first-order valence-corrected chi connectivity index (χ1v) is 9.51. The van der Waals surface area contributed by atoms with Gasteiger partial charge in [-0.1, -0.05) is 22.9 Å². The van der Waals surface area contributed by atoms with E-state index < -0.39 is 10.0 Å². The maximum absolute atomic E-state index is 12.9. The van der Waals surface area contributed by atoms with Crippen LogP contribution >= 0.6 is 0 Å². The Morgan fingerprint density at radius 1 is 1.12 bits per heavy atom. The fraction of sp³-hybridized carbons (Fsp3) is 0.471. The van der Waals surface area contributed by atoms with Gasteiger partial charge in [0.1, 0.15) is 10.6 Å². The highest BCUT2D eigenvalue weighted by atomic mass is 32.2. The van der Waals surface area contributed by atoms with E-state index in [1.807, 2.05) is 0 Å². The fourth-order valence-electron chi connectivity index (χ4n) is 3.23. The molecular formula is C17H23N3O3S. The molecule has 6 nitrogen and oxygen atoms in total. The van der Waals surface area contributed by atoms with Gasteiger partial charge in [0, 0.05) is 31.4 Å². The summed E-state index contributed by atoms with van der Waals surface area (Å²) in [7, 11) is -3.57. The van der Waals surface area contributed by atoms with E-state index in [4.69, 9.17) is 4.52 Å². The minimum atomic E-state index is -3.57. The Morgan fingerprint density at radius 3 is 2.33 bits per heavy atom. The molecule has 1 fully saturated rings. The van der Waals surface area contributed by atoms with Crippen LogP contribution in [0.2, 0.25) is 0 Å². The van der Waals surface area contributed by atoms with Crippen molar-refractivity contribution in [1.29, 1.82) is 0 Å². The summed E-state index contributed by atoms with van der Waals surface area (Å²) in [5, 5.41) is 3.78. The molecule has 1 aromatic carbocycles. The number of aryl methyl sites for hydroxylation is 3. The average molecular weight is 349 g/mol. The second-order valence-electron chi connectivity index (χ2n) is 6.39. The Balaban J connectivity index is 1.81. The third kappa shape index (κ3) is 2.93. The van der Waals surface area contributed by atoms with Crippen LogP contribution in [0.1, 0.15) is 23.9 Å². The number of hydrogen-bond acceptors (Lipinski definition) is 5. The van der Waals surface area contributed by atoms with Crippen LogP contribution in [0.5, 0.6) is 0 Å². The highest BCUT2D eigenvalue weighted by molar-refractivity contribution is 7.89. The van der Waals surface area contributed by atoms with Crippen molar-refractivity contribution in [1.82, 2.24) is 9.46 Å². The van der Waals surface area contributed by atoms with Crippen LogP contribution in [-0.2, 0) is 10.0 Å². The third-order valence-corrected chi connectivity index (χ3v) is 6.63. The van der Waals surface area contributed by atoms with E-state index >= 15 is 0 Å². The molecule has 1 aromatic heterocycles. The van der Waals surface area contributed by atoms with Gasteiger partial charge in [0.05, 0.1) is 0 Å². The minimum absolute atomic E-state index is 0.0942. The predicted octanol–water partition coefficient (Wildman–Crippen LogP) is 2.50. The lowest BCUT2D eigenvalue weighted by atomic mass is 10.1. The van der Waals surface area contributed by atoms with Gasteiger partial charge in [-0.3, -0.25) is 0 Å². The molecule has 0 N–H and O–H groups in total. The standard InChI is InChI=1S/C17H23N3O3S/c1-12-5-7-16(8-6-12)20-10-9-19(11-13(20)2)24(21,22)17-14(3)18-23-15(17)4/h5-8,13H,9-11H2,1-4H3/t13-/m0/s1. The topological polar surface area (TPSA) is 66.7 Å². The molecule has 2 aromatic rings. The monoisotopic (exact) mass is 349 g/mol. The van der Waals surface area contributed by atoms with Crippen molar-refractivity contribution in [2.24, 2.45) is 0 Å². The summed E-state index contributed by atoms with van der Waals surface area (Å²) < 4.78 is 32.4. The number of benzene rings is 1. The summed E-state index contributed by atoms with van der Waals surface area (Å²) in [4.78, 5) is 2.46. The van der Waals surface area contributed by atoms with Crippen molar-refractivity contribution in [3.63, 3.8) is 0 Å². The van der Waals surface area contributed by atoms with Gasteiger partial charge >= 0.3 is 0 Å². The molecule has 1 aliphatic heterocycles. The van der Waals surface area contributed by atoms with Gasteiger partial charge in [0.2, 0.25) is 10.0 Å². The number of sulfonamides is 1. The Labute approximate surface area is 143 Å². The molecule has 0 spiro atoms. The van der Waals surface area contributed by atoms with E-state index in [9.17, 15) is 8.42 Å². The van der Waals surface area contributed by atoms with E-state index in [-0.39, 0.29) is 10.9 Å². The number of piperazine rings is 1. The lowest BCUT2D eigenvalue weighted by Crippen LogP contribution is -2.53. The molecule has 0 saturated carbocycles. The highest BCUT2D eigenvalue weighted by Gasteiger charge is 2.35. The third-order valence-electron chi connectivity index (χ3n) is 4.52. The molecule has 1 saturated heterocycles. The van der Waals surface area contributed by atoms with Gasteiger partial charge < -0.3 is 9.42 Å². The zero-order valence-corrected chi connectivity index (χ0v) is 15.3. The first kappa shape index (κ1) is 17.0. The molecule has 24 heavy (non-hydrogen) atoms. The van der Waals surface area contributed by atoms with E-state index in [1.54, 1.807) is 13.8 Å². The molecule has 0 bridgehead atoms. The molecule has 1 aliphatic rings. The molecule has 7 heteroatoms. The lowest BCUT2D eigenvalue weighted by molar-refractivity contribution is 0.341. The van der Waals surface area contributed by atoms with E-state index in [0.717, 1.165) is 5.69 Å². The van der Waals surface area contributed by atoms with Gasteiger partial charge in [-0.25, -0.2) is 8.42 Å². The van der Waals surface area contributed by atoms with Crippen LogP contribution in [0.3, 0.4) is 0 Å². The molecule has 3 rings (SSSR count). The number of hydrogen-bond donors (Lipinski definition) is 0. The number of nitrogens with zero attached hydrogens (tertiary/aromatic N) is 3. The number of rotatable bonds is 3. The molecule has 2 heterocycles. The zero-order valence-electron chi connectivity index (χ0n) is 14.5. The van der Waals surface area contributed by atoms with Crippen molar-refractivity contribution in [2.75, 3.05) is 24.5 Å². The normalized spacial score (nSPS) is 19.7. The highest BCUT2D eigenvalue weighted by Crippen LogP contribution is 2.27. The van der Waals surface area contributed by atoms with E-state index in [0.29, 0.717) is 31.1 Å². The summed E-state index contributed by atoms with van der Waals surface area (Å²) in [5.41, 5.74) is 2.76. The fourth-order valence-corrected chi connectivity index (χ4v) is 5.04. The quantitative estimate of drug-likeness (QED) is 0.852. The summed E-state index contributed by atoms with van der Waals surface area (Å²) in [5.74, 6) is 0.348. The summed E-state index contributed by atoms with van der Waals surface area (Å²) >= 11 is 0. The van der Waals surface area contributed by atoms with Gasteiger partial charge in [-0.2, -0.15) is 4.31 Å². The molecule has 130 valence electrons. The Morgan fingerprint density at radius 2 is 1.79 bits per heavy atom. The number of aromatic nitrogens is 1. The van der Waals surface area contributed by atoms with Crippen molar-refractivity contribution < 1.29 is 12.9 Å². The molecule has 1 atom stereocenters. The van der Waals surface area contributed by atoms with Crippen LogP contribution in [0.4, 0.5) is 5.69 Å². The van der Waals surface area contributed by atoms with Crippen LogP contribution in [0, 0.1) is 20.8 Å². The maximum Gasteiger partial charge on any atom is 0.248 e. The van der Waals surface area contributed by atoms with Gasteiger partial charge in [0.15, 0.2) is 5.76 Å².